The summed E-state index contributed by atoms with van der Waals surface area (Å²) in [4.78, 5) is 15.3. The van der Waals surface area contributed by atoms with Crippen LogP contribution in [0.4, 0.5) is 0 Å². The van der Waals surface area contributed by atoms with Gasteiger partial charge in [-0.1, -0.05) is 13.8 Å². The molecular formula is C11H19N3O2S. The van der Waals surface area contributed by atoms with E-state index in [1.54, 1.807) is 18.1 Å². The molecule has 0 aliphatic rings. The highest BCUT2D eigenvalue weighted by molar-refractivity contribution is 7.99. The van der Waals surface area contributed by atoms with Gasteiger partial charge in [-0.3, -0.25) is 4.79 Å². The summed E-state index contributed by atoms with van der Waals surface area (Å²) in [5, 5.41) is 4.39. The minimum absolute atomic E-state index is 0.167. The Labute approximate surface area is 106 Å². The van der Waals surface area contributed by atoms with Crippen molar-refractivity contribution >= 4 is 17.7 Å². The highest BCUT2D eigenvalue weighted by Gasteiger charge is 2.11. The number of aromatic nitrogens is 3. The summed E-state index contributed by atoms with van der Waals surface area (Å²) in [5.74, 6) is 1.58. The van der Waals surface area contributed by atoms with Crippen LogP contribution < -0.4 is 0 Å². The molecule has 0 radical (unpaired) electrons. The van der Waals surface area contributed by atoms with Gasteiger partial charge in [0.2, 0.25) is 0 Å². The van der Waals surface area contributed by atoms with Crippen LogP contribution in [0.2, 0.25) is 0 Å². The van der Waals surface area contributed by atoms with E-state index in [0.717, 1.165) is 24.5 Å². The van der Waals surface area contributed by atoms with Crippen LogP contribution >= 0.6 is 11.8 Å². The molecule has 17 heavy (non-hydrogen) atoms. The summed E-state index contributed by atoms with van der Waals surface area (Å²) in [7, 11) is 1.41. The lowest BCUT2D eigenvalue weighted by atomic mass is 10.3. The second-order valence-corrected chi connectivity index (χ2v) is 5.23. The van der Waals surface area contributed by atoms with E-state index >= 15 is 0 Å². The number of carbonyl (C=O) groups is 1. The summed E-state index contributed by atoms with van der Waals surface area (Å²) in [6, 6.07) is 0. The minimum atomic E-state index is -0.167. The lowest BCUT2D eigenvalue weighted by molar-refractivity contribution is -0.140. The predicted octanol–water partition coefficient (Wildman–Crippen LogP) is 1.87. The van der Waals surface area contributed by atoms with Gasteiger partial charge in [-0.2, -0.15) is 16.9 Å². The first kappa shape index (κ1) is 14.0. The molecule has 0 saturated heterocycles. The van der Waals surface area contributed by atoms with Gasteiger partial charge in [0.05, 0.1) is 19.3 Å². The van der Waals surface area contributed by atoms with E-state index in [0.29, 0.717) is 6.42 Å². The third-order valence-electron chi connectivity index (χ3n) is 2.31. The molecule has 0 aromatic carbocycles. The van der Waals surface area contributed by atoms with Crippen LogP contribution in [0.3, 0.4) is 0 Å². The fraction of sp³-hybridized carbons (Fsp3) is 0.727. The Kier molecular flexibility index (Phi) is 6.04. The zero-order valence-electron chi connectivity index (χ0n) is 10.5. The third-order valence-corrected chi connectivity index (χ3v) is 3.47. The van der Waals surface area contributed by atoms with E-state index < -0.39 is 0 Å². The maximum atomic E-state index is 11.1. The average molecular weight is 257 g/mol. The summed E-state index contributed by atoms with van der Waals surface area (Å²) in [6.45, 7) is 5.02. The third kappa shape index (κ3) is 4.77. The molecule has 0 spiro atoms. The molecule has 0 aliphatic carbocycles. The molecule has 96 valence electrons. The molecular weight excluding hydrogens is 238 g/mol. The van der Waals surface area contributed by atoms with Gasteiger partial charge in [-0.15, -0.1) is 0 Å². The summed E-state index contributed by atoms with van der Waals surface area (Å²) in [6.07, 6.45) is 3.05. The second-order valence-electron chi connectivity index (χ2n) is 3.80. The molecule has 5 nitrogen and oxygen atoms in total. The van der Waals surface area contributed by atoms with Crippen LogP contribution in [-0.4, -0.2) is 33.1 Å². The normalized spacial score (nSPS) is 12.4. The van der Waals surface area contributed by atoms with Crippen LogP contribution in [0.15, 0.2) is 6.33 Å². The maximum Gasteiger partial charge on any atom is 0.306 e. The number of thioether (sulfide) groups is 1. The van der Waals surface area contributed by atoms with E-state index in [-0.39, 0.29) is 11.2 Å². The van der Waals surface area contributed by atoms with Gasteiger partial charge in [0, 0.05) is 11.8 Å². The Morgan fingerprint density at radius 2 is 2.41 bits per heavy atom. The van der Waals surface area contributed by atoms with Gasteiger partial charge in [0.25, 0.3) is 0 Å². The molecule has 0 bridgehead atoms. The van der Waals surface area contributed by atoms with Gasteiger partial charge in [-0.05, 0) is 6.42 Å². The zero-order chi connectivity index (χ0) is 12.7. The number of methoxy groups -OCH3 is 1. The number of aryl methyl sites for hydroxylation is 1. The van der Waals surface area contributed by atoms with E-state index in [4.69, 9.17) is 0 Å². The monoisotopic (exact) mass is 257 g/mol. The molecule has 0 amide bonds. The highest BCUT2D eigenvalue weighted by Crippen LogP contribution is 2.19. The minimum Gasteiger partial charge on any atom is -0.469 e. The fourth-order valence-electron chi connectivity index (χ4n) is 1.39. The van der Waals surface area contributed by atoms with E-state index in [1.165, 1.54) is 7.11 Å². The van der Waals surface area contributed by atoms with E-state index in [1.807, 2.05) is 11.6 Å². The van der Waals surface area contributed by atoms with Gasteiger partial charge in [0.15, 0.2) is 0 Å². The zero-order valence-corrected chi connectivity index (χ0v) is 11.4. The second kappa shape index (κ2) is 7.32. The van der Waals surface area contributed by atoms with Crippen LogP contribution in [0.25, 0.3) is 0 Å². The van der Waals surface area contributed by atoms with E-state index in [9.17, 15) is 4.79 Å². The van der Waals surface area contributed by atoms with Crippen molar-refractivity contribution in [3.05, 3.63) is 12.2 Å². The van der Waals surface area contributed by atoms with Crippen molar-refractivity contribution in [1.82, 2.24) is 14.8 Å². The van der Waals surface area contributed by atoms with Crippen molar-refractivity contribution in [2.75, 3.05) is 7.11 Å². The Morgan fingerprint density at radius 3 is 3.06 bits per heavy atom. The van der Waals surface area contributed by atoms with Gasteiger partial charge >= 0.3 is 5.97 Å². The van der Waals surface area contributed by atoms with Crippen molar-refractivity contribution in [2.45, 2.75) is 44.2 Å². The summed E-state index contributed by atoms with van der Waals surface area (Å²) in [5.41, 5.74) is 0. The van der Waals surface area contributed by atoms with Crippen molar-refractivity contribution in [2.24, 2.45) is 0 Å². The number of hydrogen-bond donors (Lipinski definition) is 0. The molecule has 1 aromatic heterocycles. The van der Waals surface area contributed by atoms with Crippen molar-refractivity contribution in [3.8, 4) is 0 Å². The molecule has 1 heterocycles. The molecule has 0 N–H and O–H groups in total. The topological polar surface area (TPSA) is 57.0 Å². The molecule has 1 aromatic rings. The first-order valence-electron chi connectivity index (χ1n) is 5.72. The summed E-state index contributed by atoms with van der Waals surface area (Å²) >= 11 is 1.69. The molecule has 6 heteroatoms. The lowest BCUT2D eigenvalue weighted by Crippen LogP contribution is -2.10. The number of esters is 1. The van der Waals surface area contributed by atoms with Gasteiger partial charge < -0.3 is 4.74 Å². The lowest BCUT2D eigenvalue weighted by Gasteiger charge is -2.09. The Hall–Kier alpha value is -1.04. The molecule has 0 fully saturated rings. The average Bonchev–Trinajstić information content (AvgIpc) is 2.74. The molecule has 1 rings (SSSR count). The largest absolute Gasteiger partial charge is 0.469 e. The summed E-state index contributed by atoms with van der Waals surface area (Å²) < 4.78 is 6.55. The van der Waals surface area contributed by atoms with E-state index in [2.05, 4.69) is 21.7 Å². The number of rotatable bonds is 7. The van der Waals surface area contributed by atoms with Crippen molar-refractivity contribution in [3.63, 3.8) is 0 Å². The first-order chi connectivity index (χ1) is 8.17. The fourth-order valence-corrected chi connectivity index (χ4v) is 2.30. The molecule has 1 atom stereocenters. The Bertz CT molecular complexity index is 354. The number of nitrogens with zero attached hydrogens (tertiary/aromatic N) is 3. The van der Waals surface area contributed by atoms with Crippen LogP contribution in [0, 0.1) is 0 Å². The van der Waals surface area contributed by atoms with Gasteiger partial charge in [0.1, 0.15) is 12.2 Å². The molecule has 0 saturated carbocycles. The maximum absolute atomic E-state index is 11.1. The van der Waals surface area contributed by atoms with Crippen molar-refractivity contribution in [1.29, 1.82) is 0 Å². The van der Waals surface area contributed by atoms with Gasteiger partial charge in [-0.25, -0.2) is 9.67 Å². The van der Waals surface area contributed by atoms with Crippen LogP contribution in [-0.2, 0) is 21.8 Å². The predicted molar refractivity (Wildman–Crippen MR) is 67.7 cm³/mol. The molecule has 1 unspecified atom stereocenters. The molecule has 0 aliphatic heterocycles. The van der Waals surface area contributed by atoms with Crippen LogP contribution in [0.1, 0.15) is 32.5 Å². The first-order valence-corrected chi connectivity index (χ1v) is 6.77. The van der Waals surface area contributed by atoms with Crippen molar-refractivity contribution < 1.29 is 9.53 Å². The highest BCUT2D eigenvalue weighted by atomic mass is 32.2. The SMILES string of the molecule is CCCn1ncnc1CSC(C)CC(=O)OC. The number of hydrogen-bond acceptors (Lipinski definition) is 5. The number of ether oxygens (including phenoxy) is 1. The smallest absolute Gasteiger partial charge is 0.306 e. The Balaban J connectivity index is 2.38. The van der Waals surface area contributed by atoms with Crippen LogP contribution in [0.5, 0.6) is 0 Å². The standard InChI is InChI=1S/C11H19N3O2S/c1-4-5-14-10(12-8-13-14)7-17-9(2)6-11(15)16-3/h8-9H,4-7H2,1-3H3. The quantitative estimate of drug-likeness (QED) is 0.698. The Morgan fingerprint density at radius 1 is 1.65 bits per heavy atom. The number of carbonyl (C=O) groups excluding carboxylic acids is 1.